The smallest absolute Gasteiger partial charge is 0.317 e. The number of ketones is 1. The Labute approximate surface area is 134 Å². The van der Waals surface area contributed by atoms with Gasteiger partial charge in [0.1, 0.15) is 0 Å². The molecule has 1 aromatic rings. The third-order valence-electron chi connectivity index (χ3n) is 4.11. The van der Waals surface area contributed by atoms with Crippen LogP contribution >= 0.6 is 0 Å². The Hall–Kier alpha value is -2.21. The van der Waals surface area contributed by atoms with Gasteiger partial charge in [0.15, 0.2) is 5.78 Å². The molecule has 0 spiro atoms. The SMILES string of the molecule is CN(CC(=O)O)CC(CC(=O)O)C(=O)c1ccc2c(c1)CCC2. The fraction of sp³-hybridized carbons (Fsp3) is 0.471. The number of likely N-dealkylation sites (N-methyl/N-ethyl adjacent to an activating group) is 1. The molecule has 0 radical (unpaired) electrons. The van der Waals surface area contributed by atoms with Gasteiger partial charge in [-0.25, -0.2) is 0 Å². The Morgan fingerprint density at radius 2 is 1.83 bits per heavy atom. The highest BCUT2D eigenvalue weighted by atomic mass is 16.4. The first-order valence-corrected chi connectivity index (χ1v) is 7.65. The largest absolute Gasteiger partial charge is 0.481 e. The van der Waals surface area contributed by atoms with Gasteiger partial charge in [0, 0.05) is 18.0 Å². The fourth-order valence-electron chi connectivity index (χ4n) is 3.08. The highest BCUT2D eigenvalue weighted by molar-refractivity contribution is 5.99. The van der Waals surface area contributed by atoms with E-state index in [2.05, 4.69) is 0 Å². The molecule has 0 fully saturated rings. The second-order valence-electron chi connectivity index (χ2n) is 6.09. The van der Waals surface area contributed by atoms with E-state index in [-0.39, 0.29) is 25.3 Å². The molecule has 0 saturated heterocycles. The Balaban J connectivity index is 2.15. The second-order valence-corrected chi connectivity index (χ2v) is 6.09. The van der Waals surface area contributed by atoms with Gasteiger partial charge in [-0.05, 0) is 43.5 Å². The molecule has 2 rings (SSSR count). The standard InChI is InChI=1S/C17H21NO5/c1-18(10-16(21)22)9-14(8-15(19)20)17(23)13-6-5-11-3-2-4-12(11)7-13/h5-7,14H,2-4,8-10H2,1H3,(H,19,20)(H,21,22). The van der Waals surface area contributed by atoms with E-state index in [9.17, 15) is 14.4 Å². The molecular weight excluding hydrogens is 298 g/mol. The molecule has 0 aromatic heterocycles. The number of nitrogens with zero attached hydrogens (tertiary/aromatic N) is 1. The van der Waals surface area contributed by atoms with Gasteiger partial charge in [-0.15, -0.1) is 0 Å². The molecule has 1 aliphatic carbocycles. The van der Waals surface area contributed by atoms with E-state index in [1.807, 2.05) is 12.1 Å². The number of Topliss-reactive ketones (excluding diaryl/α,β-unsaturated/α-hetero) is 1. The number of rotatable bonds is 8. The molecule has 0 saturated carbocycles. The van der Waals surface area contributed by atoms with Crippen LogP contribution in [0.4, 0.5) is 0 Å². The molecule has 0 heterocycles. The lowest BCUT2D eigenvalue weighted by Gasteiger charge is -2.21. The van der Waals surface area contributed by atoms with E-state index in [0.29, 0.717) is 5.56 Å². The van der Waals surface area contributed by atoms with Crippen LogP contribution in [0, 0.1) is 5.92 Å². The number of carbonyl (C=O) groups excluding carboxylic acids is 1. The van der Waals surface area contributed by atoms with E-state index in [0.717, 1.165) is 24.8 Å². The van der Waals surface area contributed by atoms with Crippen molar-refractivity contribution in [2.45, 2.75) is 25.7 Å². The molecule has 1 aliphatic rings. The lowest BCUT2D eigenvalue weighted by atomic mass is 9.92. The van der Waals surface area contributed by atoms with Crippen molar-refractivity contribution >= 4 is 17.7 Å². The number of fused-ring (bicyclic) bond motifs is 1. The number of aliphatic carboxylic acids is 2. The summed E-state index contributed by atoms with van der Waals surface area (Å²) >= 11 is 0. The van der Waals surface area contributed by atoms with Crippen molar-refractivity contribution < 1.29 is 24.6 Å². The molecule has 6 nitrogen and oxygen atoms in total. The van der Waals surface area contributed by atoms with Gasteiger partial charge in [-0.1, -0.05) is 12.1 Å². The molecule has 0 aliphatic heterocycles. The summed E-state index contributed by atoms with van der Waals surface area (Å²) < 4.78 is 0. The Kier molecular flexibility index (Phi) is 5.50. The summed E-state index contributed by atoms with van der Waals surface area (Å²) in [7, 11) is 1.57. The van der Waals surface area contributed by atoms with Crippen LogP contribution in [0.25, 0.3) is 0 Å². The zero-order valence-electron chi connectivity index (χ0n) is 13.1. The maximum absolute atomic E-state index is 12.7. The number of carbonyl (C=O) groups is 3. The summed E-state index contributed by atoms with van der Waals surface area (Å²) in [5.74, 6) is -3.06. The van der Waals surface area contributed by atoms with Crippen molar-refractivity contribution in [3.05, 3.63) is 34.9 Å². The highest BCUT2D eigenvalue weighted by Gasteiger charge is 2.26. The van der Waals surface area contributed by atoms with E-state index in [4.69, 9.17) is 10.2 Å². The van der Waals surface area contributed by atoms with Gasteiger partial charge in [0.05, 0.1) is 13.0 Å². The molecule has 23 heavy (non-hydrogen) atoms. The van der Waals surface area contributed by atoms with E-state index in [1.165, 1.54) is 10.5 Å². The monoisotopic (exact) mass is 319 g/mol. The van der Waals surface area contributed by atoms with Crippen LogP contribution in [-0.2, 0) is 22.4 Å². The van der Waals surface area contributed by atoms with Crippen molar-refractivity contribution in [1.29, 1.82) is 0 Å². The quantitative estimate of drug-likeness (QED) is 0.705. The molecule has 1 atom stereocenters. The first kappa shape index (κ1) is 17.1. The van der Waals surface area contributed by atoms with Crippen LogP contribution in [0.5, 0.6) is 0 Å². The molecule has 0 amide bonds. The van der Waals surface area contributed by atoms with Crippen LogP contribution in [0.1, 0.15) is 34.3 Å². The summed E-state index contributed by atoms with van der Waals surface area (Å²) in [5.41, 5.74) is 2.92. The maximum Gasteiger partial charge on any atom is 0.317 e. The van der Waals surface area contributed by atoms with Gasteiger partial charge in [0.2, 0.25) is 0 Å². The number of hydrogen-bond donors (Lipinski definition) is 2. The molecule has 124 valence electrons. The van der Waals surface area contributed by atoms with Crippen molar-refractivity contribution in [1.82, 2.24) is 4.90 Å². The highest BCUT2D eigenvalue weighted by Crippen LogP contribution is 2.24. The predicted molar refractivity (Wildman–Crippen MR) is 83.7 cm³/mol. The number of benzene rings is 1. The molecule has 1 aromatic carbocycles. The first-order chi connectivity index (χ1) is 10.9. The minimum absolute atomic E-state index is 0.106. The van der Waals surface area contributed by atoms with Gasteiger partial charge in [-0.2, -0.15) is 0 Å². The van der Waals surface area contributed by atoms with E-state index >= 15 is 0 Å². The topological polar surface area (TPSA) is 94.9 Å². The Bertz CT molecular complexity index is 625. The number of carboxylic acid groups (broad SMARTS) is 2. The summed E-state index contributed by atoms with van der Waals surface area (Å²) in [6.45, 7) is -0.123. The van der Waals surface area contributed by atoms with Crippen molar-refractivity contribution in [3.63, 3.8) is 0 Å². The van der Waals surface area contributed by atoms with Crippen LogP contribution in [0.2, 0.25) is 0 Å². The lowest BCUT2D eigenvalue weighted by Crippen LogP contribution is -2.35. The number of hydrogen-bond acceptors (Lipinski definition) is 4. The van der Waals surface area contributed by atoms with Gasteiger partial charge in [0.25, 0.3) is 0 Å². The third kappa shape index (κ3) is 4.63. The second kappa shape index (κ2) is 7.37. The minimum Gasteiger partial charge on any atom is -0.481 e. The molecule has 6 heteroatoms. The van der Waals surface area contributed by atoms with Gasteiger partial charge >= 0.3 is 11.9 Å². The van der Waals surface area contributed by atoms with E-state index < -0.39 is 17.9 Å². The molecule has 2 N–H and O–H groups in total. The summed E-state index contributed by atoms with van der Waals surface area (Å²) in [5, 5.41) is 17.8. The van der Waals surface area contributed by atoms with Crippen molar-refractivity contribution in [2.75, 3.05) is 20.1 Å². The van der Waals surface area contributed by atoms with Crippen molar-refractivity contribution in [3.8, 4) is 0 Å². The molecule has 1 unspecified atom stereocenters. The van der Waals surface area contributed by atoms with Gasteiger partial charge < -0.3 is 10.2 Å². The number of aryl methyl sites for hydroxylation is 2. The fourth-order valence-corrected chi connectivity index (χ4v) is 3.08. The third-order valence-corrected chi connectivity index (χ3v) is 4.11. The lowest BCUT2D eigenvalue weighted by molar-refractivity contribution is -0.138. The number of carboxylic acids is 2. The van der Waals surface area contributed by atoms with Crippen LogP contribution in [0.15, 0.2) is 18.2 Å². The maximum atomic E-state index is 12.7. The average molecular weight is 319 g/mol. The molecular formula is C17H21NO5. The van der Waals surface area contributed by atoms with E-state index in [1.54, 1.807) is 13.1 Å². The summed E-state index contributed by atoms with van der Waals surface area (Å²) in [4.78, 5) is 35.9. The average Bonchev–Trinajstić information content (AvgIpc) is 2.91. The zero-order valence-corrected chi connectivity index (χ0v) is 13.1. The summed E-state index contributed by atoms with van der Waals surface area (Å²) in [6.07, 6.45) is 2.73. The predicted octanol–water partition coefficient (Wildman–Crippen LogP) is 1.47. The van der Waals surface area contributed by atoms with Crippen LogP contribution in [0.3, 0.4) is 0 Å². The Morgan fingerprint density at radius 3 is 2.48 bits per heavy atom. The summed E-state index contributed by atoms with van der Waals surface area (Å²) in [6, 6.07) is 5.55. The van der Waals surface area contributed by atoms with Crippen LogP contribution in [-0.4, -0.2) is 53.0 Å². The molecule has 0 bridgehead atoms. The zero-order chi connectivity index (χ0) is 17.0. The van der Waals surface area contributed by atoms with Gasteiger partial charge in [-0.3, -0.25) is 19.3 Å². The van der Waals surface area contributed by atoms with Crippen LogP contribution < -0.4 is 0 Å². The minimum atomic E-state index is -1.06. The normalized spacial score (nSPS) is 14.5. The first-order valence-electron chi connectivity index (χ1n) is 7.65. The Morgan fingerprint density at radius 1 is 1.13 bits per heavy atom. The van der Waals surface area contributed by atoms with Crippen molar-refractivity contribution in [2.24, 2.45) is 5.92 Å².